The van der Waals surface area contributed by atoms with Gasteiger partial charge in [-0.05, 0) is 35.9 Å². The Bertz CT molecular complexity index is 809. The molecule has 2 N–H and O–H groups in total. The van der Waals surface area contributed by atoms with Crippen molar-refractivity contribution in [2.24, 2.45) is 5.73 Å². The molecule has 1 aromatic heterocycles. The SMILES string of the molecule is NC(=S)c1cccc(Cn2ccnc2-c2ccc(F)cc2)c1. The van der Waals surface area contributed by atoms with E-state index in [1.54, 1.807) is 18.3 Å². The highest BCUT2D eigenvalue weighted by Crippen LogP contribution is 2.19. The van der Waals surface area contributed by atoms with Crippen LogP contribution in [-0.4, -0.2) is 14.5 Å². The molecule has 0 aliphatic rings. The molecule has 3 aromatic rings. The topological polar surface area (TPSA) is 43.8 Å². The normalized spacial score (nSPS) is 10.6. The van der Waals surface area contributed by atoms with E-state index in [0.29, 0.717) is 11.5 Å². The summed E-state index contributed by atoms with van der Waals surface area (Å²) in [7, 11) is 0. The summed E-state index contributed by atoms with van der Waals surface area (Å²) in [6.07, 6.45) is 3.63. The van der Waals surface area contributed by atoms with Gasteiger partial charge in [0, 0.05) is 30.1 Å². The molecule has 0 saturated heterocycles. The van der Waals surface area contributed by atoms with Crippen LogP contribution >= 0.6 is 12.2 Å². The number of aromatic nitrogens is 2. The Balaban J connectivity index is 1.91. The first-order valence-corrected chi connectivity index (χ1v) is 7.20. The van der Waals surface area contributed by atoms with Crippen LogP contribution in [0.1, 0.15) is 11.1 Å². The quantitative estimate of drug-likeness (QED) is 0.751. The van der Waals surface area contributed by atoms with Crippen LogP contribution in [0, 0.1) is 5.82 Å². The van der Waals surface area contributed by atoms with Gasteiger partial charge in [-0.2, -0.15) is 0 Å². The molecule has 0 unspecified atom stereocenters. The third kappa shape index (κ3) is 3.04. The van der Waals surface area contributed by atoms with Crippen LogP contribution in [0.3, 0.4) is 0 Å². The van der Waals surface area contributed by atoms with E-state index in [1.165, 1.54) is 12.1 Å². The molecule has 0 radical (unpaired) electrons. The third-order valence-corrected chi connectivity index (χ3v) is 3.62. The lowest BCUT2D eigenvalue weighted by atomic mass is 10.1. The highest BCUT2D eigenvalue weighted by Gasteiger charge is 2.07. The van der Waals surface area contributed by atoms with Gasteiger partial charge in [0.05, 0.1) is 0 Å². The third-order valence-electron chi connectivity index (χ3n) is 3.38. The van der Waals surface area contributed by atoms with Crippen LogP contribution in [0.2, 0.25) is 0 Å². The molecule has 0 amide bonds. The molecule has 0 aliphatic carbocycles. The summed E-state index contributed by atoms with van der Waals surface area (Å²) in [4.78, 5) is 4.74. The first kappa shape index (κ1) is 14.4. The average molecular weight is 311 g/mol. The molecule has 0 saturated carbocycles. The van der Waals surface area contributed by atoms with E-state index in [-0.39, 0.29) is 5.82 Å². The molecule has 22 heavy (non-hydrogen) atoms. The number of hydrogen-bond donors (Lipinski definition) is 1. The van der Waals surface area contributed by atoms with Gasteiger partial charge in [0.1, 0.15) is 16.6 Å². The highest BCUT2D eigenvalue weighted by molar-refractivity contribution is 7.80. The Hall–Kier alpha value is -2.53. The summed E-state index contributed by atoms with van der Waals surface area (Å²) in [6, 6.07) is 14.1. The van der Waals surface area contributed by atoms with Gasteiger partial charge in [-0.1, -0.05) is 30.4 Å². The minimum Gasteiger partial charge on any atom is -0.389 e. The van der Waals surface area contributed by atoms with Crippen LogP contribution in [-0.2, 0) is 6.54 Å². The summed E-state index contributed by atoms with van der Waals surface area (Å²) in [5, 5.41) is 0. The van der Waals surface area contributed by atoms with Gasteiger partial charge in [-0.15, -0.1) is 0 Å². The summed E-state index contributed by atoms with van der Waals surface area (Å²) in [5.74, 6) is 0.534. The Morgan fingerprint density at radius 1 is 1.18 bits per heavy atom. The average Bonchev–Trinajstić information content (AvgIpc) is 2.96. The fraction of sp³-hybridized carbons (Fsp3) is 0.0588. The zero-order chi connectivity index (χ0) is 15.5. The molecule has 3 rings (SSSR count). The number of benzene rings is 2. The van der Waals surface area contributed by atoms with Crippen molar-refractivity contribution in [3.63, 3.8) is 0 Å². The van der Waals surface area contributed by atoms with Crippen molar-refractivity contribution in [2.75, 3.05) is 0 Å². The minimum absolute atomic E-state index is 0.258. The van der Waals surface area contributed by atoms with Gasteiger partial charge in [-0.25, -0.2) is 9.37 Å². The number of thiocarbonyl (C=S) groups is 1. The summed E-state index contributed by atoms with van der Waals surface area (Å²) in [5.41, 5.74) is 8.46. The van der Waals surface area contributed by atoms with Crippen LogP contribution in [0.15, 0.2) is 60.9 Å². The molecule has 5 heteroatoms. The van der Waals surface area contributed by atoms with E-state index >= 15 is 0 Å². The highest BCUT2D eigenvalue weighted by atomic mass is 32.1. The number of imidazole rings is 1. The minimum atomic E-state index is -0.258. The molecule has 1 heterocycles. The Morgan fingerprint density at radius 3 is 2.68 bits per heavy atom. The van der Waals surface area contributed by atoms with E-state index in [9.17, 15) is 4.39 Å². The van der Waals surface area contributed by atoms with Crippen molar-refractivity contribution in [2.45, 2.75) is 6.54 Å². The lowest BCUT2D eigenvalue weighted by molar-refractivity contribution is 0.628. The molecule has 0 bridgehead atoms. The molecule has 0 aliphatic heterocycles. The van der Waals surface area contributed by atoms with Crippen LogP contribution < -0.4 is 5.73 Å². The zero-order valence-corrected chi connectivity index (χ0v) is 12.6. The molecule has 3 nitrogen and oxygen atoms in total. The van der Waals surface area contributed by atoms with Crippen molar-refractivity contribution in [1.29, 1.82) is 0 Å². The van der Waals surface area contributed by atoms with E-state index in [1.807, 2.05) is 35.0 Å². The van der Waals surface area contributed by atoms with E-state index in [2.05, 4.69) is 4.98 Å². The summed E-state index contributed by atoms with van der Waals surface area (Å²) in [6.45, 7) is 0.642. The van der Waals surface area contributed by atoms with E-state index in [4.69, 9.17) is 18.0 Å². The van der Waals surface area contributed by atoms with Gasteiger partial charge >= 0.3 is 0 Å². The molecule has 0 spiro atoms. The largest absolute Gasteiger partial charge is 0.389 e. The number of nitrogens with two attached hydrogens (primary N) is 1. The number of nitrogens with zero attached hydrogens (tertiary/aromatic N) is 2. The van der Waals surface area contributed by atoms with Gasteiger partial charge in [0.2, 0.25) is 0 Å². The maximum atomic E-state index is 13.0. The van der Waals surface area contributed by atoms with Gasteiger partial charge < -0.3 is 10.3 Å². The molecule has 2 aromatic carbocycles. The maximum absolute atomic E-state index is 13.0. The summed E-state index contributed by atoms with van der Waals surface area (Å²) < 4.78 is 15.1. The number of halogens is 1. The predicted molar refractivity (Wildman–Crippen MR) is 89.1 cm³/mol. The van der Waals surface area contributed by atoms with Crippen LogP contribution in [0.5, 0.6) is 0 Å². The van der Waals surface area contributed by atoms with Crippen LogP contribution in [0.4, 0.5) is 4.39 Å². The van der Waals surface area contributed by atoms with Crippen molar-refractivity contribution in [3.05, 3.63) is 77.9 Å². The lowest BCUT2D eigenvalue weighted by Crippen LogP contribution is -2.10. The Morgan fingerprint density at radius 2 is 1.95 bits per heavy atom. The van der Waals surface area contributed by atoms with E-state index in [0.717, 1.165) is 22.5 Å². The number of rotatable bonds is 4. The standard InChI is InChI=1S/C17H14FN3S/c18-15-6-4-13(5-7-15)17-20-8-9-21(17)11-12-2-1-3-14(10-12)16(19)22/h1-10H,11H2,(H2,19,22). The molecular formula is C17H14FN3S. The van der Waals surface area contributed by atoms with Gasteiger partial charge in [0.25, 0.3) is 0 Å². The second-order valence-corrected chi connectivity index (χ2v) is 5.39. The fourth-order valence-electron chi connectivity index (χ4n) is 2.32. The molecular weight excluding hydrogens is 297 g/mol. The second kappa shape index (κ2) is 6.07. The zero-order valence-electron chi connectivity index (χ0n) is 11.7. The van der Waals surface area contributed by atoms with Crippen molar-refractivity contribution in [3.8, 4) is 11.4 Å². The first-order chi connectivity index (χ1) is 10.6. The molecule has 110 valence electrons. The van der Waals surface area contributed by atoms with Gasteiger partial charge in [-0.3, -0.25) is 0 Å². The second-order valence-electron chi connectivity index (χ2n) is 4.95. The Kier molecular flexibility index (Phi) is 3.98. The maximum Gasteiger partial charge on any atom is 0.140 e. The molecule has 0 fully saturated rings. The predicted octanol–water partition coefficient (Wildman–Crippen LogP) is 3.37. The molecule has 0 atom stereocenters. The summed E-state index contributed by atoms with van der Waals surface area (Å²) >= 11 is 5.01. The van der Waals surface area contributed by atoms with Gasteiger partial charge in [0.15, 0.2) is 0 Å². The van der Waals surface area contributed by atoms with Crippen molar-refractivity contribution >= 4 is 17.2 Å². The fourth-order valence-corrected chi connectivity index (χ4v) is 2.44. The Labute approximate surface area is 133 Å². The first-order valence-electron chi connectivity index (χ1n) is 6.79. The van der Waals surface area contributed by atoms with E-state index < -0.39 is 0 Å². The van der Waals surface area contributed by atoms with Crippen molar-refractivity contribution in [1.82, 2.24) is 9.55 Å². The lowest BCUT2D eigenvalue weighted by Gasteiger charge is -2.09. The van der Waals surface area contributed by atoms with Crippen molar-refractivity contribution < 1.29 is 4.39 Å². The monoisotopic (exact) mass is 311 g/mol. The number of hydrogen-bond acceptors (Lipinski definition) is 2. The smallest absolute Gasteiger partial charge is 0.140 e. The van der Waals surface area contributed by atoms with Crippen LogP contribution in [0.25, 0.3) is 11.4 Å².